The first-order valence-electron chi connectivity index (χ1n) is 8.04. The number of allylic oxidation sites excluding steroid dienone is 1. The highest BCUT2D eigenvalue weighted by atomic mass is 15.1. The number of rotatable bonds is 4. The summed E-state index contributed by atoms with van der Waals surface area (Å²) < 4.78 is 0. The average Bonchev–Trinajstić information content (AvgIpc) is 3.12. The van der Waals surface area contributed by atoms with Gasteiger partial charge < -0.3 is 10.7 Å². The summed E-state index contributed by atoms with van der Waals surface area (Å²) in [6, 6.07) is 7.99. The number of H-pyrrole nitrogens is 1. The summed E-state index contributed by atoms with van der Waals surface area (Å²) in [5.74, 6) is 1.02. The zero-order valence-electron chi connectivity index (χ0n) is 13.3. The third-order valence-electron chi connectivity index (χ3n) is 5.11. The number of nitrogens with zero attached hydrogens (tertiary/aromatic N) is 2. The number of hydrogen-bond acceptors (Lipinski definition) is 3. The van der Waals surface area contributed by atoms with Crippen LogP contribution in [0.25, 0.3) is 11.0 Å². The molecule has 0 amide bonds. The highest BCUT2D eigenvalue weighted by Crippen LogP contribution is 2.44. The summed E-state index contributed by atoms with van der Waals surface area (Å²) in [6.45, 7) is 4.62. The van der Waals surface area contributed by atoms with Crippen molar-refractivity contribution in [2.75, 3.05) is 0 Å². The van der Waals surface area contributed by atoms with Crippen molar-refractivity contribution in [3.63, 3.8) is 0 Å². The number of aromatic nitrogens is 2. The van der Waals surface area contributed by atoms with Crippen LogP contribution in [0.15, 0.2) is 41.5 Å². The van der Waals surface area contributed by atoms with Crippen LogP contribution in [-0.2, 0) is 0 Å². The maximum atomic E-state index is 5.65. The zero-order chi connectivity index (χ0) is 15.6. The van der Waals surface area contributed by atoms with E-state index < -0.39 is 0 Å². The minimum Gasteiger partial charge on any atom is -0.405 e. The first-order chi connectivity index (χ1) is 10.6. The quantitative estimate of drug-likeness (QED) is 0.825. The Morgan fingerprint density at radius 2 is 2.09 bits per heavy atom. The number of benzene rings is 1. The van der Waals surface area contributed by atoms with Crippen molar-refractivity contribution in [2.45, 2.75) is 39.5 Å². The van der Waals surface area contributed by atoms with Gasteiger partial charge in [0.15, 0.2) is 0 Å². The fourth-order valence-electron chi connectivity index (χ4n) is 3.46. The molecule has 4 nitrogen and oxygen atoms in total. The largest absolute Gasteiger partial charge is 0.405 e. The van der Waals surface area contributed by atoms with Gasteiger partial charge in [0.2, 0.25) is 5.95 Å². The van der Waals surface area contributed by atoms with Gasteiger partial charge in [0.05, 0.1) is 11.0 Å². The molecular weight excluding hydrogens is 272 g/mol. The highest BCUT2D eigenvalue weighted by molar-refractivity contribution is 5.98. The molecule has 1 aliphatic carbocycles. The number of fused-ring (bicyclic) bond motifs is 1. The molecule has 3 N–H and O–H groups in total. The molecule has 116 valence electrons. The predicted molar refractivity (Wildman–Crippen MR) is 92.3 cm³/mol. The van der Waals surface area contributed by atoms with Crippen molar-refractivity contribution in [3.8, 4) is 0 Å². The fourth-order valence-corrected chi connectivity index (χ4v) is 3.46. The molecule has 0 radical (unpaired) electrons. The number of aliphatic imine (C=N–C) groups is 1. The molecule has 3 rings (SSSR count). The van der Waals surface area contributed by atoms with Crippen LogP contribution in [0.5, 0.6) is 0 Å². The van der Waals surface area contributed by atoms with E-state index in [2.05, 4.69) is 23.8 Å². The Morgan fingerprint density at radius 3 is 2.77 bits per heavy atom. The van der Waals surface area contributed by atoms with Gasteiger partial charge in [-0.25, -0.2) is 9.98 Å². The van der Waals surface area contributed by atoms with Crippen LogP contribution in [0.4, 0.5) is 5.95 Å². The summed E-state index contributed by atoms with van der Waals surface area (Å²) in [7, 11) is 0. The van der Waals surface area contributed by atoms with Gasteiger partial charge in [0.25, 0.3) is 0 Å². The summed E-state index contributed by atoms with van der Waals surface area (Å²) in [6.07, 6.45) is 8.63. The zero-order valence-corrected chi connectivity index (χ0v) is 13.3. The normalized spacial score (nSPS) is 20.0. The van der Waals surface area contributed by atoms with E-state index in [9.17, 15) is 0 Å². The van der Waals surface area contributed by atoms with Crippen LogP contribution >= 0.6 is 0 Å². The molecule has 1 fully saturated rings. The molecule has 1 aromatic carbocycles. The van der Waals surface area contributed by atoms with E-state index in [0.717, 1.165) is 16.7 Å². The molecule has 1 aliphatic rings. The highest BCUT2D eigenvalue weighted by Gasteiger charge is 2.36. The lowest BCUT2D eigenvalue weighted by atomic mass is 9.74. The van der Waals surface area contributed by atoms with Crippen LogP contribution in [0, 0.1) is 11.3 Å². The second-order valence-corrected chi connectivity index (χ2v) is 6.56. The Kier molecular flexibility index (Phi) is 4.01. The predicted octanol–water partition coefficient (Wildman–Crippen LogP) is 4.32. The number of nitrogens with two attached hydrogens (primary N) is 1. The number of hydrogen-bond donors (Lipinski definition) is 2. The van der Waals surface area contributed by atoms with E-state index in [1.807, 2.05) is 30.3 Å². The van der Waals surface area contributed by atoms with Gasteiger partial charge in [-0.15, -0.1) is 0 Å². The molecule has 0 aliphatic heterocycles. The standard InChI is InChI=1S/C18H24N4/c1-13(18(2)10-5-6-11-18)14(9-12-19)20-17-21-15-7-3-4-8-16(15)22-17/h3-4,7-9,12-13H,5-6,10-11,19H2,1-2H3,(H,21,22). The van der Waals surface area contributed by atoms with Gasteiger partial charge in [-0.05, 0) is 42.7 Å². The second kappa shape index (κ2) is 5.95. The average molecular weight is 296 g/mol. The Hall–Kier alpha value is -2.10. The molecule has 0 spiro atoms. The molecule has 0 bridgehead atoms. The van der Waals surface area contributed by atoms with Crippen molar-refractivity contribution < 1.29 is 0 Å². The molecule has 1 unspecified atom stereocenters. The molecule has 1 aromatic heterocycles. The monoisotopic (exact) mass is 296 g/mol. The summed E-state index contributed by atoms with van der Waals surface area (Å²) in [5, 5.41) is 0. The van der Waals surface area contributed by atoms with Gasteiger partial charge in [0.1, 0.15) is 0 Å². The van der Waals surface area contributed by atoms with Gasteiger partial charge in [-0.3, -0.25) is 0 Å². The van der Waals surface area contributed by atoms with Gasteiger partial charge in [0, 0.05) is 11.6 Å². The number of aromatic amines is 1. The van der Waals surface area contributed by atoms with Crippen molar-refractivity contribution in [3.05, 3.63) is 36.5 Å². The Morgan fingerprint density at radius 1 is 1.36 bits per heavy atom. The van der Waals surface area contributed by atoms with E-state index in [0.29, 0.717) is 17.3 Å². The van der Waals surface area contributed by atoms with E-state index in [1.54, 1.807) is 6.20 Å². The van der Waals surface area contributed by atoms with Crippen molar-refractivity contribution in [2.24, 2.45) is 22.1 Å². The minimum absolute atomic E-state index is 0.310. The molecule has 1 saturated carbocycles. The maximum Gasteiger partial charge on any atom is 0.228 e. The van der Waals surface area contributed by atoms with Crippen LogP contribution in [0.3, 0.4) is 0 Å². The minimum atomic E-state index is 0.310. The molecule has 0 saturated heterocycles. The van der Waals surface area contributed by atoms with Crippen molar-refractivity contribution in [1.29, 1.82) is 0 Å². The molecular formula is C18H24N4. The van der Waals surface area contributed by atoms with E-state index in [1.165, 1.54) is 25.7 Å². The molecule has 4 heteroatoms. The fraction of sp³-hybridized carbons (Fsp3) is 0.444. The Balaban J connectivity index is 1.95. The number of para-hydroxylation sites is 2. The topological polar surface area (TPSA) is 67.1 Å². The third-order valence-corrected chi connectivity index (χ3v) is 5.11. The van der Waals surface area contributed by atoms with E-state index >= 15 is 0 Å². The summed E-state index contributed by atoms with van der Waals surface area (Å²) >= 11 is 0. The summed E-state index contributed by atoms with van der Waals surface area (Å²) in [4.78, 5) is 12.6. The third kappa shape index (κ3) is 2.78. The smallest absolute Gasteiger partial charge is 0.228 e. The van der Waals surface area contributed by atoms with Crippen LogP contribution in [0.2, 0.25) is 0 Å². The first-order valence-corrected chi connectivity index (χ1v) is 8.04. The Labute approximate surface area is 131 Å². The molecule has 2 aromatic rings. The first kappa shape index (κ1) is 14.8. The molecule has 22 heavy (non-hydrogen) atoms. The van der Waals surface area contributed by atoms with E-state index in [-0.39, 0.29) is 0 Å². The lowest BCUT2D eigenvalue weighted by Gasteiger charge is -2.31. The lowest BCUT2D eigenvalue weighted by molar-refractivity contribution is 0.270. The Bertz CT molecular complexity index is 672. The summed E-state index contributed by atoms with van der Waals surface area (Å²) in [5.41, 5.74) is 8.91. The van der Waals surface area contributed by atoms with Crippen LogP contribution < -0.4 is 5.73 Å². The number of nitrogens with one attached hydrogen (secondary N) is 1. The maximum absolute atomic E-state index is 5.65. The molecule has 1 heterocycles. The van der Waals surface area contributed by atoms with Gasteiger partial charge in [-0.2, -0.15) is 0 Å². The lowest BCUT2D eigenvalue weighted by Crippen LogP contribution is -2.28. The van der Waals surface area contributed by atoms with Gasteiger partial charge in [-0.1, -0.05) is 38.8 Å². The number of imidazole rings is 1. The van der Waals surface area contributed by atoms with Crippen LogP contribution in [0.1, 0.15) is 39.5 Å². The van der Waals surface area contributed by atoms with Crippen molar-refractivity contribution in [1.82, 2.24) is 9.97 Å². The van der Waals surface area contributed by atoms with Gasteiger partial charge >= 0.3 is 0 Å². The molecule has 1 atom stereocenters. The second-order valence-electron chi connectivity index (χ2n) is 6.56. The van der Waals surface area contributed by atoms with E-state index in [4.69, 9.17) is 10.7 Å². The van der Waals surface area contributed by atoms with Crippen LogP contribution in [-0.4, -0.2) is 15.7 Å². The SMILES string of the molecule is CC(C(C=CN)=Nc1nc2ccccc2[nH]1)C1(C)CCCC1. The van der Waals surface area contributed by atoms with Crippen molar-refractivity contribution >= 4 is 22.7 Å².